The molecule has 0 aliphatic carbocycles. The van der Waals surface area contributed by atoms with E-state index in [2.05, 4.69) is 17.8 Å². The first-order chi connectivity index (χ1) is 9.68. The molecular weight excluding hydrogens is 254 g/mol. The molecule has 0 spiro atoms. The van der Waals surface area contributed by atoms with Gasteiger partial charge in [-0.15, -0.1) is 0 Å². The van der Waals surface area contributed by atoms with E-state index < -0.39 is 0 Å². The third-order valence-electron chi connectivity index (χ3n) is 4.24. The number of benzene rings is 1. The molecule has 2 N–H and O–H groups in total. The van der Waals surface area contributed by atoms with E-state index in [1.54, 1.807) is 24.3 Å². The van der Waals surface area contributed by atoms with E-state index in [1.807, 2.05) is 0 Å². The van der Waals surface area contributed by atoms with Gasteiger partial charge in [0.25, 0.3) is 11.8 Å². The smallest absolute Gasteiger partial charge is 0.261 e. The number of nitrogens with zero attached hydrogens (tertiary/aromatic N) is 1. The molecule has 20 heavy (non-hydrogen) atoms. The molecule has 2 aliphatic heterocycles. The second-order valence-corrected chi connectivity index (χ2v) is 5.52. The Morgan fingerprint density at radius 2 is 1.85 bits per heavy atom. The van der Waals surface area contributed by atoms with Crippen molar-refractivity contribution >= 4 is 11.8 Å². The third kappa shape index (κ3) is 2.23. The molecule has 0 aromatic heterocycles. The van der Waals surface area contributed by atoms with Crippen LogP contribution in [0.4, 0.5) is 0 Å². The Morgan fingerprint density at radius 3 is 2.40 bits per heavy atom. The van der Waals surface area contributed by atoms with Crippen molar-refractivity contribution in [2.75, 3.05) is 13.1 Å². The van der Waals surface area contributed by atoms with Crippen LogP contribution in [0.1, 0.15) is 40.5 Å². The average molecular weight is 273 g/mol. The zero-order chi connectivity index (χ0) is 14.1. The number of hydrogen-bond donors (Lipinski definition) is 2. The maximum absolute atomic E-state index is 12.2. The van der Waals surface area contributed by atoms with Gasteiger partial charge in [-0.25, -0.2) is 0 Å². The van der Waals surface area contributed by atoms with Crippen LogP contribution in [0.15, 0.2) is 24.3 Å². The third-order valence-corrected chi connectivity index (χ3v) is 4.24. The lowest BCUT2D eigenvalue weighted by Gasteiger charge is -2.17. The van der Waals surface area contributed by atoms with Gasteiger partial charge in [-0.3, -0.25) is 25.3 Å². The van der Waals surface area contributed by atoms with Crippen LogP contribution >= 0.6 is 0 Å². The van der Waals surface area contributed by atoms with Gasteiger partial charge in [-0.05, 0) is 37.8 Å². The van der Waals surface area contributed by atoms with Gasteiger partial charge in [0.05, 0.1) is 11.1 Å². The van der Waals surface area contributed by atoms with Crippen LogP contribution in [-0.4, -0.2) is 35.8 Å². The van der Waals surface area contributed by atoms with Crippen LogP contribution in [0.3, 0.4) is 0 Å². The zero-order valence-electron chi connectivity index (χ0n) is 11.6. The van der Waals surface area contributed by atoms with E-state index in [0.29, 0.717) is 29.6 Å². The lowest BCUT2D eigenvalue weighted by Crippen LogP contribution is -2.31. The van der Waals surface area contributed by atoms with Gasteiger partial charge < -0.3 is 0 Å². The maximum Gasteiger partial charge on any atom is 0.261 e. The fraction of sp³-hybridized carbons (Fsp3) is 0.467. The standard InChI is InChI=1S/C15H19N3O2/c1-10-11(9-16-17-10)5-4-8-18-14(19)12-6-2-3-7-13(12)15(18)20/h2-3,6-7,10-11,16-17H,4-5,8-9H2,1H3. The largest absolute Gasteiger partial charge is 0.274 e. The number of fused-ring (bicyclic) bond motifs is 1. The molecule has 0 saturated carbocycles. The van der Waals surface area contributed by atoms with E-state index in [4.69, 9.17) is 0 Å². The summed E-state index contributed by atoms with van der Waals surface area (Å²) >= 11 is 0. The highest BCUT2D eigenvalue weighted by atomic mass is 16.2. The molecule has 2 amide bonds. The fourth-order valence-electron chi connectivity index (χ4n) is 2.95. The van der Waals surface area contributed by atoms with E-state index in [9.17, 15) is 9.59 Å². The van der Waals surface area contributed by atoms with Crippen molar-refractivity contribution in [3.05, 3.63) is 35.4 Å². The summed E-state index contributed by atoms with van der Waals surface area (Å²) in [6.07, 6.45) is 1.86. The van der Waals surface area contributed by atoms with Gasteiger partial charge in [0.15, 0.2) is 0 Å². The molecule has 0 bridgehead atoms. The van der Waals surface area contributed by atoms with Gasteiger partial charge in [-0.1, -0.05) is 12.1 Å². The highest BCUT2D eigenvalue weighted by Gasteiger charge is 2.34. The number of nitrogens with one attached hydrogen (secondary N) is 2. The van der Waals surface area contributed by atoms with E-state index in [0.717, 1.165) is 19.4 Å². The van der Waals surface area contributed by atoms with Crippen molar-refractivity contribution in [3.8, 4) is 0 Å². The average Bonchev–Trinajstić information content (AvgIpc) is 2.97. The Kier molecular flexibility index (Phi) is 3.54. The van der Waals surface area contributed by atoms with E-state index in [1.165, 1.54) is 4.90 Å². The predicted molar refractivity (Wildman–Crippen MR) is 75.1 cm³/mol. The highest BCUT2D eigenvalue weighted by Crippen LogP contribution is 2.23. The number of amides is 2. The van der Waals surface area contributed by atoms with Gasteiger partial charge >= 0.3 is 0 Å². The monoisotopic (exact) mass is 273 g/mol. The van der Waals surface area contributed by atoms with Crippen molar-refractivity contribution in [1.82, 2.24) is 15.8 Å². The molecule has 1 fully saturated rings. The summed E-state index contributed by atoms with van der Waals surface area (Å²) in [5.74, 6) is 0.257. The molecule has 1 saturated heterocycles. The topological polar surface area (TPSA) is 61.4 Å². The van der Waals surface area contributed by atoms with Gasteiger partial charge in [0, 0.05) is 19.1 Å². The number of hydrogen-bond acceptors (Lipinski definition) is 4. The van der Waals surface area contributed by atoms with Crippen LogP contribution in [0.2, 0.25) is 0 Å². The highest BCUT2D eigenvalue weighted by molar-refractivity contribution is 6.21. The minimum atomic E-state index is -0.152. The van der Waals surface area contributed by atoms with Gasteiger partial charge in [-0.2, -0.15) is 0 Å². The van der Waals surface area contributed by atoms with Crippen molar-refractivity contribution in [2.45, 2.75) is 25.8 Å². The van der Waals surface area contributed by atoms with E-state index in [-0.39, 0.29) is 11.8 Å². The number of imide groups is 1. The molecule has 1 aromatic carbocycles. The molecule has 1 aromatic rings. The Balaban J connectivity index is 1.59. The SMILES string of the molecule is CC1NNCC1CCCN1C(=O)c2ccccc2C1=O. The lowest BCUT2D eigenvalue weighted by molar-refractivity contribution is 0.0650. The van der Waals surface area contributed by atoms with Gasteiger partial charge in [0.2, 0.25) is 0 Å². The number of carbonyl (C=O) groups is 2. The second-order valence-electron chi connectivity index (χ2n) is 5.52. The Morgan fingerprint density at radius 1 is 1.20 bits per heavy atom. The minimum absolute atomic E-state index is 0.152. The number of hydrazine groups is 1. The molecule has 3 rings (SSSR count). The summed E-state index contributed by atoms with van der Waals surface area (Å²) in [6.45, 7) is 3.60. The molecule has 2 atom stereocenters. The molecule has 0 radical (unpaired) electrons. The molecular formula is C15H19N3O2. The van der Waals surface area contributed by atoms with E-state index >= 15 is 0 Å². The first-order valence-electron chi connectivity index (χ1n) is 7.12. The zero-order valence-corrected chi connectivity index (χ0v) is 11.6. The van der Waals surface area contributed by atoms with Gasteiger partial charge in [0.1, 0.15) is 0 Å². The molecule has 2 heterocycles. The molecule has 106 valence electrons. The first-order valence-corrected chi connectivity index (χ1v) is 7.12. The summed E-state index contributed by atoms with van der Waals surface area (Å²) < 4.78 is 0. The summed E-state index contributed by atoms with van der Waals surface area (Å²) in [7, 11) is 0. The summed E-state index contributed by atoms with van der Waals surface area (Å²) in [5.41, 5.74) is 7.39. The number of carbonyl (C=O) groups excluding carboxylic acids is 2. The summed E-state index contributed by atoms with van der Waals surface area (Å²) in [6, 6.07) is 7.48. The molecule has 2 aliphatic rings. The molecule has 2 unspecified atom stereocenters. The molecule has 5 nitrogen and oxygen atoms in total. The van der Waals surface area contributed by atoms with Crippen molar-refractivity contribution in [1.29, 1.82) is 0 Å². The minimum Gasteiger partial charge on any atom is -0.274 e. The number of rotatable bonds is 4. The predicted octanol–water partition coefficient (Wildman–Crippen LogP) is 1.18. The normalized spacial score (nSPS) is 25.4. The van der Waals surface area contributed by atoms with Crippen LogP contribution in [0.25, 0.3) is 0 Å². The summed E-state index contributed by atoms with van der Waals surface area (Å²) in [5, 5.41) is 0. The summed E-state index contributed by atoms with van der Waals surface area (Å²) in [4.78, 5) is 25.7. The first kappa shape index (κ1) is 13.3. The Bertz CT molecular complexity index is 509. The van der Waals surface area contributed by atoms with Crippen LogP contribution in [0, 0.1) is 5.92 Å². The lowest BCUT2D eigenvalue weighted by atomic mass is 9.98. The van der Waals surface area contributed by atoms with Crippen LogP contribution in [0.5, 0.6) is 0 Å². The van der Waals surface area contributed by atoms with Crippen molar-refractivity contribution in [3.63, 3.8) is 0 Å². The quantitative estimate of drug-likeness (QED) is 0.809. The molecule has 5 heteroatoms. The maximum atomic E-state index is 12.2. The Hall–Kier alpha value is -1.72. The van der Waals surface area contributed by atoms with Crippen molar-refractivity contribution in [2.24, 2.45) is 5.92 Å². The fourth-order valence-corrected chi connectivity index (χ4v) is 2.95. The van der Waals surface area contributed by atoms with Crippen molar-refractivity contribution < 1.29 is 9.59 Å². The Labute approximate surface area is 118 Å². The van der Waals surface area contributed by atoms with Crippen LogP contribution in [-0.2, 0) is 0 Å². The van der Waals surface area contributed by atoms with Crippen LogP contribution < -0.4 is 10.9 Å². The second kappa shape index (κ2) is 5.34.